The number of carbonyl (C=O) groups is 3. The lowest BCUT2D eigenvalue weighted by Crippen LogP contribution is -2.58. The molecule has 1 aromatic carbocycles. The Labute approximate surface area is 167 Å². The van der Waals surface area contributed by atoms with Crippen LogP contribution in [0.2, 0.25) is 0 Å². The van der Waals surface area contributed by atoms with Gasteiger partial charge in [0.1, 0.15) is 5.54 Å². The van der Waals surface area contributed by atoms with Crippen molar-refractivity contribution in [3.8, 4) is 0 Å². The summed E-state index contributed by atoms with van der Waals surface area (Å²) in [6.45, 7) is 1.21. The van der Waals surface area contributed by atoms with Crippen LogP contribution in [-0.2, 0) is 22.4 Å². The molecular weight excluding hydrogens is 374 g/mol. The highest BCUT2D eigenvalue weighted by Crippen LogP contribution is 2.34. The van der Waals surface area contributed by atoms with Crippen molar-refractivity contribution in [2.45, 2.75) is 31.2 Å². The molecular formula is C21H23N3O3S. The Bertz CT molecular complexity index is 860. The summed E-state index contributed by atoms with van der Waals surface area (Å²) in [5, 5.41) is 9.31. The molecule has 4 amide bonds. The number of urea groups is 1. The molecule has 6 nitrogen and oxygen atoms in total. The minimum Gasteiger partial charge on any atom is -0.342 e. The van der Waals surface area contributed by atoms with Crippen molar-refractivity contribution >= 4 is 29.2 Å². The summed E-state index contributed by atoms with van der Waals surface area (Å²) < 4.78 is 0. The van der Waals surface area contributed by atoms with Crippen LogP contribution in [0, 0.1) is 5.92 Å². The Morgan fingerprint density at radius 2 is 1.86 bits per heavy atom. The SMILES string of the molecule is O=C1NC(=O)C(Cc2ccccc2)(C2CCN(C(=O)Cc3ccsc3)CC2)N1. The smallest absolute Gasteiger partial charge is 0.322 e. The fraction of sp³-hybridized carbons (Fsp3) is 0.381. The van der Waals surface area contributed by atoms with E-state index in [4.69, 9.17) is 0 Å². The van der Waals surface area contributed by atoms with Crippen LogP contribution in [-0.4, -0.2) is 41.4 Å². The van der Waals surface area contributed by atoms with Gasteiger partial charge in [0.15, 0.2) is 0 Å². The number of piperidine rings is 1. The predicted molar refractivity (Wildman–Crippen MR) is 107 cm³/mol. The van der Waals surface area contributed by atoms with Crippen molar-refractivity contribution in [2.75, 3.05) is 13.1 Å². The molecule has 2 saturated heterocycles. The number of amides is 4. The normalized spacial score (nSPS) is 22.8. The van der Waals surface area contributed by atoms with Gasteiger partial charge in [-0.1, -0.05) is 30.3 Å². The Morgan fingerprint density at radius 3 is 2.46 bits per heavy atom. The Kier molecular flexibility index (Phi) is 5.17. The zero-order chi connectivity index (χ0) is 19.6. The van der Waals surface area contributed by atoms with Gasteiger partial charge in [-0.05, 0) is 46.7 Å². The standard InChI is InChI=1S/C21H23N3O3S/c25-18(12-16-8-11-28-14-16)24-9-6-17(7-10-24)21(19(26)22-20(27)23-21)13-15-4-2-1-3-5-15/h1-5,8,11,14,17H,6-7,9-10,12-13H2,(H2,22,23,26,27). The average Bonchev–Trinajstić information content (AvgIpc) is 3.30. The maximum Gasteiger partial charge on any atom is 0.322 e. The van der Waals surface area contributed by atoms with Crippen molar-refractivity contribution in [2.24, 2.45) is 5.92 Å². The Balaban J connectivity index is 1.46. The van der Waals surface area contributed by atoms with Gasteiger partial charge in [0.25, 0.3) is 5.91 Å². The minimum absolute atomic E-state index is 0.00986. The molecule has 0 aliphatic carbocycles. The first kappa shape index (κ1) is 18.7. The van der Waals surface area contributed by atoms with Gasteiger partial charge in [0, 0.05) is 19.5 Å². The van der Waals surface area contributed by atoms with E-state index in [1.807, 2.05) is 52.1 Å². The van der Waals surface area contributed by atoms with Crippen LogP contribution in [0.15, 0.2) is 47.2 Å². The summed E-state index contributed by atoms with van der Waals surface area (Å²) in [6.07, 6.45) is 2.26. The molecule has 0 bridgehead atoms. The second kappa shape index (κ2) is 7.75. The van der Waals surface area contributed by atoms with E-state index >= 15 is 0 Å². The summed E-state index contributed by atoms with van der Waals surface area (Å²) >= 11 is 1.59. The summed E-state index contributed by atoms with van der Waals surface area (Å²) in [6, 6.07) is 11.3. The quantitative estimate of drug-likeness (QED) is 0.760. The molecule has 2 aromatic rings. The molecule has 0 spiro atoms. The van der Waals surface area contributed by atoms with Gasteiger partial charge in [-0.2, -0.15) is 11.3 Å². The molecule has 3 heterocycles. The van der Waals surface area contributed by atoms with Crippen LogP contribution >= 0.6 is 11.3 Å². The molecule has 7 heteroatoms. The highest BCUT2D eigenvalue weighted by atomic mass is 32.1. The summed E-state index contributed by atoms with van der Waals surface area (Å²) in [7, 11) is 0. The van der Waals surface area contributed by atoms with Crippen molar-refractivity contribution in [1.82, 2.24) is 15.5 Å². The number of rotatable bonds is 5. The molecule has 1 unspecified atom stereocenters. The lowest BCUT2D eigenvalue weighted by molar-refractivity contribution is -0.133. The van der Waals surface area contributed by atoms with E-state index in [1.54, 1.807) is 11.3 Å². The first-order chi connectivity index (χ1) is 13.6. The molecule has 2 aliphatic rings. The van der Waals surface area contributed by atoms with E-state index in [0.29, 0.717) is 38.8 Å². The first-order valence-electron chi connectivity index (χ1n) is 9.53. The number of nitrogens with one attached hydrogen (secondary N) is 2. The van der Waals surface area contributed by atoms with E-state index in [0.717, 1.165) is 11.1 Å². The molecule has 146 valence electrons. The highest BCUT2D eigenvalue weighted by Gasteiger charge is 2.52. The van der Waals surface area contributed by atoms with E-state index in [2.05, 4.69) is 10.6 Å². The van der Waals surface area contributed by atoms with E-state index in [1.165, 1.54) is 0 Å². The number of hydrogen-bond donors (Lipinski definition) is 2. The number of nitrogens with zero attached hydrogens (tertiary/aromatic N) is 1. The van der Waals surface area contributed by atoms with Gasteiger partial charge in [0.05, 0.1) is 6.42 Å². The van der Waals surface area contributed by atoms with Crippen molar-refractivity contribution in [3.05, 3.63) is 58.3 Å². The monoisotopic (exact) mass is 397 g/mol. The third kappa shape index (κ3) is 3.67. The number of thiophene rings is 1. The fourth-order valence-electron chi connectivity index (χ4n) is 4.28. The molecule has 2 N–H and O–H groups in total. The topological polar surface area (TPSA) is 78.5 Å². The number of hydrogen-bond acceptors (Lipinski definition) is 4. The molecule has 0 saturated carbocycles. The van der Waals surface area contributed by atoms with Crippen molar-refractivity contribution in [3.63, 3.8) is 0 Å². The number of imide groups is 1. The lowest BCUT2D eigenvalue weighted by Gasteiger charge is -2.40. The van der Waals surface area contributed by atoms with Crippen LogP contribution in [0.5, 0.6) is 0 Å². The fourth-order valence-corrected chi connectivity index (χ4v) is 4.95. The van der Waals surface area contributed by atoms with Gasteiger partial charge in [-0.3, -0.25) is 14.9 Å². The van der Waals surface area contributed by atoms with Crippen LogP contribution < -0.4 is 10.6 Å². The van der Waals surface area contributed by atoms with Gasteiger partial charge in [-0.15, -0.1) is 0 Å². The van der Waals surface area contributed by atoms with Crippen molar-refractivity contribution < 1.29 is 14.4 Å². The van der Waals surface area contributed by atoms with Crippen LogP contribution in [0.4, 0.5) is 4.79 Å². The maximum atomic E-state index is 12.8. The largest absolute Gasteiger partial charge is 0.342 e. The van der Waals surface area contributed by atoms with Crippen LogP contribution in [0.3, 0.4) is 0 Å². The van der Waals surface area contributed by atoms with Gasteiger partial charge in [0.2, 0.25) is 5.91 Å². The van der Waals surface area contributed by atoms with Crippen LogP contribution in [0.1, 0.15) is 24.0 Å². The maximum absolute atomic E-state index is 12.8. The zero-order valence-corrected chi connectivity index (χ0v) is 16.3. The van der Waals surface area contributed by atoms with Gasteiger partial charge < -0.3 is 10.2 Å². The molecule has 1 aromatic heterocycles. The summed E-state index contributed by atoms with van der Waals surface area (Å²) in [5.41, 5.74) is 1.11. The average molecular weight is 398 g/mol. The molecule has 4 rings (SSSR count). The number of benzene rings is 1. The first-order valence-corrected chi connectivity index (χ1v) is 10.5. The van der Waals surface area contributed by atoms with E-state index in [-0.39, 0.29) is 17.7 Å². The van der Waals surface area contributed by atoms with Crippen LogP contribution in [0.25, 0.3) is 0 Å². The highest BCUT2D eigenvalue weighted by molar-refractivity contribution is 7.08. The lowest BCUT2D eigenvalue weighted by atomic mass is 9.74. The third-order valence-electron chi connectivity index (χ3n) is 5.77. The molecule has 0 radical (unpaired) electrons. The second-order valence-corrected chi connectivity index (χ2v) is 8.29. The van der Waals surface area contributed by atoms with Crippen molar-refractivity contribution in [1.29, 1.82) is 0 Å². The minimum atomic E-state index is -0.944. The number of likely N-dealkylation sites (tertiary alicyclic amines) is 1. The molecule has 2 aliphatic heterocycles. The van der Waals surface area contributed by atoms with Gasteiger partial charge in [-0.25, -0.2) is 4.79 Å². The Morgan fingerprint density at radius 1 is 1.11 bits per heavy atom. The Hall–Kier alpha value is -2.67. The predicted octanol–water partition coefficient (Wildman–Crippen LogP) is 2.35. The molecule has 2 fully saturated rings. The summed E-state index contributed by atoms with van der Waals surface area (Å²) in [5.74, 6) is -0.150. The third-order valence-corrected chi connectivity index (χ3v) is 6.51. The van der Waals surface area contributed by atoms with Gasteiger partial charge >= 0.3 is 6.03 Å². The number of carbonyl (C=O) groups excluding carboxylic acids is 3. The summed E-state index contributed by atoms with van der Waals surface area (Å²) in [4.78, 5) is 39.1. The zero-order valence-electron chi connectivity index (χ0n) is 15.5. The van der Waals surface area contributed by atoms with E-state index in [9.17, 15) is 14.4 Å². The molecule has 1 atom stereocenters. The molecule has 28 heavy (non-hydrogen) atoms. The van der Waals surface area contributed by atoms with E-state index < -0.39 is 11.6 Å². The second-order valence-electron chi connectivity index (χ2n) is 7.51.